The maximum atomic E-state index is 13.1. The molecule has 0 aliphatic carbocycles. The van der Waals surface area contributed by atoms with Gasteiger partial charge in [-0.2, -0.15) is 18.3 Å². The van der Waals surface area contributed by atoms with Crippen molar-refractivity contribution in [3.63, 3.8) is 0 Å². The number of pyridine rings is 1. The van der Waals surface area contributed by atoms with Crippen molar-refractivity contribution < 1.29 is 17.6 Å². The van der Waals surface area contributed by atoms with Crippen LogP contribution in [0, 0.1) is 12.7 Å². The van der Waals surface area contributed by atoms with Gasteiger partial charge in [-0.3, -0.25) is 0 Å². The van der Waals surface area contributed by atoms with Crippen LogP contribution in [0.4, 0.5) is 29.2 Å². The number of hydrogen-bond acceptors (Lipinski definition) is 5. The van der Waals surface area contributed by atoms with E-state index in [2.05, 4.69) is 20.1 Å². The number of anilines is 2. The van der Waals surface area contributed by atoms with E-state index < -0.39 is 11.7 Å². The van der Waals surface area contributed by atoms with Gasteiger partial charge in [0.15, 0.2) is 5.82 Å². The van der Waals surface area contributed by atoms with E-state index in [1.54, 1.807) is 12.1 Å². The molecule has 2 aromatic heterocycles. The fourth-order valence-electron chi connectivity index (χ4n) is 3.53. The number of benzene rings is 1. The number of halogens is 4. The molecule has 4 rings (SSSR count). The van der Waals surface area contributed by atoms with Crippen LogP contribution in [0.3, 0.4) is 0 Å². The monoisotopic (exact) mass is 431 g/mol. The first-order valence-corrected chi connectivity index (χ1v) is 9.90. The van der Waals surface area contributed by atoms with Crippen LogP contribution >= 0.6 is 0 Å². The molecule has 1 aliphatic heterocycles. The number of piperazine rings is 1. The molecule has 0 atom stereocenters. The first-order chi connectivity index (χ1) is 14.8. The molecule has 1 fully saturated rings. The summed E-state index contributed by atoms with van der Waals surface area (Å²) in [5.41, 5.74) is 2.05. The first-order valence-electron chi connectivity index (χ1n) is 9.90. The number of aryl methyl sites for hydroxylation is 1. The van der Waals surface area contributed by atoms with Gasteiger partial charge in [0.1, 0.15) is 11.6 Å². The molecule has 1 aliphatic rings. The molecule has 1 aromatic carbocycles. The highest BCUT2D eigenvalue weighted by Crippen LogP contribution is 2.29. The number of rotatable bonds is 4. The fraction of sp³-hybridized carbons (Fsp3) is 0.318. The second kappa shape index (κ2) is 8.49. The van der Waals surface area contributed by atoms with E-state index >= 15 is 0 Å². The predicted octanol–water partition coefficient (Wildman–Crippen LogP) is 4.26. The van der Waals surface area contributed by atoms with Crippen molar-refractivity contribution in [2.75, 3.05) is 36.0 Å². The van der Waals surface area contributed by atoms with Crippen molar-refractivity contribution in [3.05, 3.63) is 76.9 Å². The lowest BCUT2D eigenvalue weighted by atomic mass is 10.1. The Labute approximate surface area is 177 Å². The summed E-state index contributed by atoms with van der Waals surface area (Å²) in [4.78, 5) is 8.03. The normalized spacial score (nSPS) is 14.7. The highest BCUT2D eigenvalue weighted by atomic mass is 19.4. The Bertz CT molecular complexity index is 1030. The maximum absolute atomic E-state index is 13.1. The molecule has 0 amide bonds. The van der Waals surface area contributed by atoms with Crippen molar-refractivity contribution in [1.82, 2.24) is 15.2 Å². The van der Waals surface area contributed by atoms with Gasteiger partial charge in [0.05, 0.1) is 11.3 Å². The summed E-state index contributed by atoms with van der Waals surface area (Å²) in [6, 6.07) is 10.8. The Morgan fingerprint density at radius 3 is 2.06 bits per heavy atom. The number of alkyl halides is 3. The van der Waals surface area contributed by atoms with Crippen LogP contribution in [-0.4, -0.2) is 41.4 Å². The van der Waals surface area contributed by atoms with Gasteiger partial charge in [-0.1, -0.05) is 12.1 Å². The van der Waals surface area contributed by atoms with E-state index in [1.165, 1.54) is 18.2 Å². The van der Waals surface area contributed by atoms with Crippen molar-refractivity contribution in [3.8, 4) is 0 Å². The van der Waals surface area contributed by atoms with Crippen LogP contribution in [0.1, 0.15) is 22.4 Å². The minimum absolute atomic E-state index is 0.271. The molecule has 5 nitrogen and oxygen atoms in total. The molecule has 31 heavy (non-hydrogen) atoms. The van der Waals surface area contributed by atoms with Crippen molar-refractivity contribution in [2.45, 2.75) is 19.5 Å². The van der Waals surface area contributed by atoms with E-state index in [4.69, 9.17) is 0 Å². The van der Waals surface area contributed by atoms with Gasteiger partial charge in [0.25, 0.3) is 0 Å². The third kappa shape index (κ3) is 4.92. The average molecular weight is 431 g/mol. The zero-order valence-electron chi connectivity index (χ0n) is 16.9. The standard InChI is InChI=1S/C22H21F4N5/c1-15-12-21(29-28-19(15)13-16-2-5-18(23)6-3-16)31-10-8-30(9-11-31)20-7-4-17(14-27-20)22(24,25)26/h2-7,12,14H,8-11,13H2,1H3. The molecular formula is C22H21F4N5. The van der Waals surface area contributed by atoms with Gasteiger partial charge in [-0.15, -0.1) is 5.10 Å². The molecule has 3 heterocycles. The third-order valence-electron chi connectivity index (χ3n) is 5.36. The molecule has 0 radical (unpaired) electrons. The average Bonchev–Trinajstić information content (AvgIpc) is 2.76. The molecule has 0 spiro atoms. The second-order valence-corrected chi connectivity index (χ2v) is 7.51. The van der Waals surface area contributed by atoms with Gasteiger partial charge < -0.3 is 9.80 Å². The van der Waals surface area contributed by atoms with Crippen LogP contribution < -0.4 is 9.80 Å². The minimum Gasteiger partial charge on any atom is -0.353 e. The van der Waals surface area contributed by atoms with E-state index in [0.717, 1.165) is 34.9 Å². The Hall–Kier alpha value is -3.23. The number of nitrogens with zero attached hydrogens (tertiary/aromatic N) is 5. The number of aromatic nitrogens is 3. The smallest absolute Gasteiger partial charge is 0.353 e. The molecule has 0 bridgehead atoms. The fourth-order valence-corrected chi connectivity index (χ4v) is 3.53. The Kier molecular flexibility index (Phi) is 5.75. The van der Waals surface area contributed by atoms with Gasteiger partial charge in [-0.25, -0.2) is 9.37 Å². The van der Waals surface area contributed by atoms with Crippen LogP contribution in [0.5, 0.6) is 0 Å². The van der Waals surface area contributed by atoms with Crippen molar-refractivity contribution in [2.24, 2.45) is 0 Å². The summed E-state index contributed by atoms with van der Waals surface area (Å²) in [5, 5.41) is 8.72. The molecular weight excluding hydrogens is 410 g/mol. The van der Waals surface area contributed by atoms with E-state index in [1.807, 2.05) is 17.9 Å². The Morgan fingerprint density at radius 1 is 0.871 bits per heavy atom. The van der Waals surface area contributed by atoms with Gasteiger partial charge >= 0.3 is 6.18 Å². The zero-order valence-corrected chi connectivity index (χ0v) is 16.9. The Morgan fingerprint density at radius 2 is 1.52 bits per heavy atom. The molecule has 9 heteroatoms. The lowest BCUT2D eigenvalue weighted by Gasteiger charge is -2.36. The highest BCUT2D eigenvalue weighted by molar-refractivity contribution is 5.46. The first kappa shape index (κ1) is 21.0. The van der Waals surface area contributed by atoms with Gasteiger partial charge in [-0.05, 0) is 48.4 Å². The summed E-state index contributed by atoms with van der Waals surface area (Å²) in [7, 11) is 0. The Balaban J connectivity index is 1.38. The minimum atomic E-state index is -4.39. The van der Waals surface area contributed by atoms with Gasteiger partial charge in [0, 0.05) is 38.8 Å². The predicted molar refractivity (Wildman–Crippen MR) is 110 cm³/mol. The van der Waals surface area contributed by atoms with Crippen LogP contribution in [-0.2, 0) is 12.6 Å². The molecule has 0 saturated carbocycles. The SMILES string of the molecule is Cc1cc(N2CCN(c3ccc(C(F)(F)F)cn3)CC2)nnc1Cc1ccc(F)cc1. The highest BCUT2D eigenvalue weighted by Gasteiger charge is 2.31. The van der Waals surface area contributed by atoms with E-state index in [-0.39, 0.29) is 5.82 Å². The summed E-state index contributed by atoms with van der Waals surface area (Å²) >= 11 is 0. The molecule has 3 aromatic rings. The second-order valence-electron chi connectivity index (χ2n) is 7.51. The van der Waals surface area contributed by atoms with Crippen LogP contribution in [0.15, 0.2) is 48.7 Å². The van der Waals surface area contributed by atoms with Crippen LogP contribution in [0.2, 0.25) is 0 Å². The molecule has 0 N–H and O–H groups in total. The molecule has 1 saturated heterocycles. The topological polar surface area (TPSA) is 45.2 Å². The maximum Gasteiger partial charge on any atom is 0.417 e. The summed E-state index contributed by atoms with van der Waals surface area (Å²) < 4.78 is 51.2. The largest absolute Gasteiger partial charge is 0.417 e. The number of hydrogen-bond donors (Lipinski definition) is 0. The summed E-state index contributed by atoms with van der Waals surface area (Å²) in [5.74, 6) is 1.03. The van der Waals surface area contributed by atoms with Gasteiger partial charge in [0.2, 0.25) is 0 Å². The quantitative estimate of drug-likeness (QED) is 0.578. The van der Waals surface area contributed by atoms with Crippen molar-refractivity contribution in [1.29, 1.82) is 0 Å². The van der Waals surface area contributed by atoms with E-state index in [9.17, 15) is 17.6 Å². The lowest BCUT2D eigenvalue weighted by Crippen LogP contribution is -2.47. The third-order valence-corrected chi connectivity index (χ3v) is 5.36. The zero-order chi connectivity index (χ0) is 22.0. The molecule has 162 valence electrons. The molecule has 0 unspecified atom stereocenters. The van der Waals surface area contributed by atoms with Crippen LogP contribution in [0.25, 0.3) is 0 Å². The van der Waals surface area contributed by atoms with E-state index in [0.29, 0.717) is 38.4 Å². The lowest BCUT2D eigenvalue weighted by molar-refractivity contribution is -0.137. The summed E-state index contributed by atoms with van der Waals surface area (Å²) in [6.07, 6.45) is -2.94. The van der Waals surface area contributed by atoms with Crippen molar-refractivity contribution >= 4 is 11.6 Å². The summed E-state index contributed by atoms with van der Waals surface area (Å²) in [6.45, 7) is 4.54.